The summed E-state index contributed by atoms with van der Waals surface area (Å²) in [6, 6.07) is 2.98. The van der Waals surface area contributed by atoms with Crippen LogP contribution in [0.3, 0.4) is 0 Å². The summed E-state index contributed by atoms with van der Waals surface area (Å²) >= 11 is 0. The van der Waals surface area contributed by atoms with Crippen molar-refractivity contribution in [1.29, 1.82) is 0 Å². The summed E-state index contributed by atoms with van der Waals surface area (Å²) < 4.78 is 27.4. The first-order valence-corrected chi connectivity index (χ1v) is 6.29. The van der Waals surface area contributed by atoms with Gasteiger partial charge < -0.3 is 11.1 Å². The molecular formula is C12H16F2N6. The van der Waals surface area contributed by atoms with Gasteiger partial charge in [-0.1, -0.05) is 0 Å². The first-order chi connectivity index (χ1) is 9.63. The summed E-state index contributed by atoms with van der Waals surface area (Å²) in [4.78, 5) is 7.94. The minimum absolute atomic E-state index is 0.134. The molecule has 0 amide bonds. The van der Waals surface area contributed by atoms with Crippen LogP contribution < -0.4 is 11.1 Å². The van der Waals surface area contributed by atoms with E-state index in [0.717, 1.165) is 0 Å². The predicted octanol–water partition coefficient (Wildman–Crippen LogP) is 1.67. The van der Waals surface area contributed by atoms with Gasteiger partial charge in [-0.15, -0.1) is 0 Å². The van der Waals surface area contributed by atoms with Crippen LogP contribution in [0.1, 0.15) is 19.0 Å². The molecule has 0 fully saturated rings. The third-order valence-electron chi connectivity index (χ3n) is 2.62. The number of alkyl halides is 2. The maximum Gasteiger partial charge on any atom is 0.280 e. The third-order valence-corrected chi connectivity index (χ3v) is 2.62. The van der Waals surface area contributed by atoms with Crippen LogP contribution in [0.2, 0.25) is 0 Å². The Morgan fingerprint density at radius 3 is 2.75 bits per heavy atom. The Hall–Kier alpha value is -2.09. The van der Waals surface area contributed by atoms with E-state index in [1.807, 2.05) is 6.92 Å². The molecule has 6 nitrogen and oxygen atoms in total. The Morgan fingerprint density at radius 2 is 2.15 bits per heavy atom. The van der Waals surface area contributed by atoms with Crippen LogP contribution in [-0.2, 0) is 6.54 Å². The van der Waals surface area contributed by atoms with Gasteiger partial charge in [0.25, 0.3) is 6.43 Å². The third kappa shape index (κ3) is 3.27. The second kappa shape index (κ2) is 6.38. The number of nitrogens with two attached hydrogens (primary N) is 1. The number of hydrogen-bond donors (Lipinski definition) is 2. The molecule has 0 bridgehead atoms. The zero-order valence-corrected chi connectivity index (χ0v) is 11.1. The quantitative estimate of drug-likeness (QED) is 0.842. The highest BCUT2D eigenvalue weighted by molar-refractivity contribution is 5.56. The number of aryl methyl sites for hydroxylation is 1. The Bertz CT molecular complexity index is 569. The number of nitrogens with zero attached hydrogens (tertiary/aromatic N) is 4. The summed E-state index contributed by atoms with van der Waals surface area (Å²) in [6.07, 6.45) is -0.893. The molecule has 20 heavy (non-hydrogen) atoms. The molecule has 8 heteroatoms. The van der Waals surface area contributed by atoms with Crippen molar-refractivity contribution in [2.24, 2.45) is 5.73 Å². The summed E-state index contributed by atoms with van der Waals surface area (Å²) in [7, 11) is 0. The molecule has 0 aliphatic carbocycles. The number of aromatic nitrogens is 4. The van der Waals surface area contributed by atoms with Crippen molar-refractivity contribution in [3.05, 3.63) is 24.0 Å². The fourth-order valence-electron chi connectivity index (χ4n) is 1.65. The standard InChI is InChI=1S/C12H16F2N6/c1-2-20-6-3-8(19-20)9-7-10(11(13)14)18-12(17-9)16-5-4-15/h3,6-7,11H,2,4-5,15H2,1H3,(H,16,17,18). The lowest BCUT2D eigenvalue weighted by molar-refractivity contribution is 0.146. The highest BCUT2D eigenvalue weighted by atomic mass is 19.3. The van der Waals surface area contributed by atoms with Crippen LogP contribution >= 0.6 is 0 Å². The van der Waals surface area contributed by atoms with E-state index < -0.39 is 6.43 Å². The van der Waals surface area contributed by atoms with Gasteiger partial charge in [0.2, 0.25) is 5.95 Å². The maximum atomic E-state index is 12.9. The van der Waals surface area contributed by atoms with E-state index in [1.165, 1.54) is 6.07 Å². The van der Waals surface area contributed by atoms with E-state index >= 15 is 0 Å². The Balaban J connectivity index is 2.37. The molecule has 2 rings (SSSR count). The molecule has 0 aliphatic heterocycles. The lowest BCUT2D eigenvalue weighted by Gasteiger charge is -2.07. The van der Waals surface area contributed by atoms with E-state index in [0.29, 0.717) is 31.0 Å². The van der Waals surface area contributed by atoms with Gasteiger partial charge in [-0.25, -0.2) is 18.7 Å². The molecule has 108 valence electrons. The first-order valence-electron chi connectivity index (χ1n) is 6.29. The number of rotatable bonds is 6. The van der Waals surface area contributed by atoms with E-state index in [1.54, 1.807) is 16.9 Å². The van der Waals surface area contributed by atoms with Crippen molar-refractivity contribution < 1.29 is 8.78 Å². The van der Waals surface area contributed by atoms with Gasteiger partial charge >= 0.3 is 0 Å². The normalized spacial score (nSPS) is 11.1. The largest absolute Gasteiger partial charge is 0.353 e. The van der Waals surface area contributed by atoms with Gasteiger partial charge in [-0.3, -0.25) is 4.68 Å². The van der Waals surface area contributed by atoms with Crippen molar-refractivity contribution in [3.63, 3.8) is 0 Å². The molecular weight excluding hydrogens is 266 g/mol. The fraction of sp³-hybridized carbons (Fsp3) is 0.417. The van der Waals surface area contributed by atoms with Gasteiger partial charge in [0, 0.05) is 25.8 Å². The zero-order valence-electron chi connectivity index (χ0n) is 11.1. The highest BCUT2D eigenvalue weighted by Gasteiger charge is 2.15. The van der Waals surface area contributed by atoms with Crippen LogP contribution in [0, 0.1) is 0 Å². The van der Waals surface area contributed by atoms with Gasteiger partial charge in [0.15, 0.2) is 0 Å². The summed E-state index contributed by atoms with van der Waals surface area (Å²) in [5.41, 5.74) is 5.93. The summed E-state index contributed by atoms with van der Waals surface area (Å²) in [5, 5.41) is 7.06. The average molecular weight is 282 g/mol. The molecule has 2 aromatic rings. The van der Waals surface area contributed by atoms with Crippen LogP contribution in [0.15, 0.2) is 18.3 Å². The Morgan fingerprint density at radius 1 is 1.35 bits per heavy atom. The predicted molar refractivity (Wildman–Crippen MR) is 71.4 cm³/mol. The highest BCUT2D eigenvalue weighted by Crippen LogP contribution is 2.23. The van der Waals surface area contributed by atoms with Gasteiger partial charge in [-0.05, 0) is 19.1 Å². The second-order valence-electron chi connectivity index (χ2n) is 4.07. The smallest absolute Gasteiger partial charge is 0.280 e. The van der Waals surface area contributed by atoms with Crippen LogP contribution in [-0.4, -0.2) is 32.8 Å². The summed E-state index contributed by atoms with van der Waals surface area (Å²) in [5.74, 6) is 0.134. The van der Waals surface area contributed by atoms with E-state index in [-0.39, 0.29) is 11.6 Å². The number of halogens is 2. The van der Waals surface area contributed by atoms with Crippen molar-refractivity contribution in [3.8, 4) is 11.4 Å². The topological polar surface area (TPSA) is 81.7 Å². The van der Waals surface area contributed by atoms with E-state index in [2.05, 4.69) is 20.4 Å². The molecule has 2 heterocycles. The number of hydrogen-bond acceptors (Lipinski definition) is 5. The zero-order chi connectivity index (χ0) is 14.5. The van der Waals surface area contributed by atoms with Crippen LogP contribution in [0.25, 0.3) is 11.4 Å². The first kappa shape index (κ1) is 14.3. The monoisotopic (exact) mass is 282 g/mol. The van der Waals surface area contributed by atoms with Gasteiger partial charge in [0.1, 0.15) is 11.4 Å². The van der Waals surface area contributed by atoms with E-state index in [9.17, 15) is 8.78 Å². The van der Waals surface area contributed by atoms with Crippen LogP contribution in [0.4, 0.5) is 14.7 Å². The lowest BCUT2D eigenvalue weighted by Crippen LogP contribution is -2.15. The van der Waals surface area contributed by atoms with Crippen LogP contribution in [0.5, 0.6) is 0 Å². The van der Waals surface area contributed by atoms with E-state index in [4.69, 9.17) is 5.73 Å². The number of anilines is 1. The minimum atomic E-state index is -2.66. The molecule has 0 aliphatic rings. The van der Waals surface area contributed by atoms with Crippen molar-refractivity contribution in [2.75, 3.05) is 18.4 Å². The average Bonchev–Trinajstić information content (AvgIpc) is 2.93. The molecule has 0 atom stereocenters. The SMILES string of the molecule is CCn1ccc(-c2cc(C(F)F)nc(NCCN)n2)n1. The Labute approximate surface area is 115 Å². The molecule has 0 radical (unpaired) electrons. The van der Waals surface area contributed by atoms with Crippen molar-refractivity contribution in [2.45, 2.75) is 19.9 Å². The molecule has 0 saturated heterocycles. The van der Waals surface area contributed by atoms with Crippen molar-refractivity contribution in [1.82, 2.24) is 19.7 Å². The van der Waals surface area contributed by atoms with Crippen molar-refractivity contribution >= 4 is 5.95 Å². The molecule has 0 spiro atoms. The molecule has 3 N–H and O–H groups in total. The molecule has 0 unspecified atom stereocenters. The maximum absolute atomic E-state index is 12.9. The molecule has 2 aromatic heterocycles. The second-order valence-corrected chi connectivity index (χ2v) is 4.07. The summed E-state index contributed by atoms with van der Waals surface area (Å²) in [6.45, 7) is 3.41. The minimum Gasteiger partial charge on any atom is -0.353 e. The fourth-order valence-corrected chi connectivity index (χ4v) is 1.65. The number of nitrogens with one attached hydrogen (secondary N) is 1. The lowest BCUT2D eigenvalue weighted by atomic mass is 10.2. The van der Waals surface area contributed by atoms with Gasteiger partial charge in [0.05, 0.1) is 5.69 Å². The molecule has 0 saturated carbocycles. The van der Waals surface area contributed by atoms with Gasteiger partial charge in [-0.2, -0.15) is 5.10 Å². The Kier molecular flexibility index (Phi) is 4.57. The molecule has 0 aromatic carbocycles.